The lowest BCUT2D eigenvalue weighted by Gasteiger charge is -2.44. The average molecular weight is 211 g/mol. The summed E-state index contributed by atoms with van der Waals surface area (Å²) in [5.74, 6) is 1.34. The summed E-state index contributed by atoms with van der Waals surface area (Å²) in [7, 11) is 0. The minimum absolute atomic E-state index is 0.0747. The largest absolute Gasteiger partial charge is 0.481 e. The van der Waals surface area contributed by atoms with E-state index in [-0.39, 0.29) is 5.92 Å². The van der Waals surface area contributed by atoms with Gasteiger partial charge in [0.25, 0.3) is 0 Å². The summed E-state index contributed by atoms with van der Waals surface area (Å²) in [6.45, 7) is 0.759. The molecule has 0 aliphatic heterocycles. The van der Waals surface area contributed by atoms with Crippen LogP contribution in [0.2, 0.25) is 0 Å². The quantitative estimate of drug-likeness (QED) is 0.749. The molecule has 0 spiro atoms. The summed E-state index contributed by atoms with van der Waals surface area (Å²) in [5, 5.41) is 9.08. The fraction of sp³-hybridized carbons (Fsp3) is 0.917. The first kappa shape index (κ1) is 10.9. The van der Waals surface area contributed by atoms with E-state index in [0.717, 1.165) is 31.7 Å². The predicted molar refractivity (Wildman–Crippen MR) is 58.4 cm³/mol. The van der Waals surface area contributed by atoms with E-state index < -0.39 is 5.97 Å². The Labute approximate surface area is 91.0 Å². The molecule has 0 radical (unpaired) electrons. The zero-order chi connectivity index (χ0) is 10.8. The van der Waals surface area contributed by atoms with Gasteiger partial charge in [-0.2, -0.15) is 0 Å². The van der Waals surface area contributed by atoms with Gasteiger partial charge in [0.15, 0.2) is 0 Å². The van der Waals surface area contributed by atoms with E-state index in [0.29, 0.717) is 11.8 Å². The highest BCUT2D eigenvalue weighted by atomic mass is 16.4. The zero-order valence-corrected chi connectivity index (χ0v) is 9.19. The number of carbonyl (C=O) groups is 1. The second-order valence-corrected chi connectivity index (χ2v) is 5.20. The second-order valence-electron chi connectivity index (χ2n) is 5.20. The van der Waals surface area contributed by atoms with Crippen molar-refractivity contribution in [3.63, 3.8) is 0 Å². The molecule has 3 N–H and O–H groups in total. The van der Waals surface area contributed by atoms with Crippen LogP contribution >= 0.6 is 0 Å². The molecule has 0 saturated heterocycles. The maximum Gasteiger partial charge on any atom is 0.306 e. The number of nitrogens with two attached hydrogens (primary N) is 1. The Morgan fingerprint density at radius 2 is 1.87 bits per heavy atom. The molecule has 2 saturated carbocycles. The molecule has 86 valence electrons. The van der Waals surface area contributed by atoms with Gasteiger partial charge in [-0.05, 0) is 43.6 Å². The summed E-state index contributed by atoms with van der Waals surface area (Å²) in [6, 6.07) is 0. The lowest BCUT2D eigenvalue weighted by atomic mass is 9.60. The van der Waals surface area contributed by atoms with Crippen molar-refractivity contribution in [1.29, 1.82) is 0 Å². The smallest absolute Gasteiger partial charge is 0.306 e. The molecule has 15 heavy (non-hydrogen) atoms. The highest BCUT2D eigenvalue weighted by molar-refractivity contribution is 5.70. The van der Waals surface area contributed by atoms with E-state index in [9.17, 15) is 4.79 Å². The summed E-state index contributed by atoms with van der Waals surface area (Å²) in [5.41, 5.74) is 5.64. The normalized spacial score (nSPS) is 40.1. The fourth-order valence-corrected chi connectivity index (χ4v) is 3.73. The van der Waals surface area contributed by atoms with E-state index in [1.165, 1.54) is 19.3 Å². The van der Waals surface area contributed by atoms with E-state index >= 15 is 0 Å². The first-order chi connectivity index (χ1) is 7.22. The molecule has 2 bridgehead atoms. The molecule has 2 fully saturated rings. The fourth-order valence-electron chi connectivity index (χ4n) is 3.73. The molecule has 2 atom stereocenters. The van der Waals surface area contributed by atoms with Crippen molar-refractivity contribution < 1.29 is 9.90 Å². The number of fused-ring (bicyclic) bond motifs is 2. The Balaban J connectivity index is 2.04. The van der Waals surface area contributed by atoms with E-state index in [1.54, 1.807) is 0 Å². The molecule has 0 aromatic rings. The second kappa shape index (κ2) is 4.52. The van der Waals surface area contributed by atoms with Gasteiger partial charge in [-0.3, -0.25) is 4.79 Å². The van der Waals surface area contributed by atoms with Gasteiger partial charge in [-0.25, -0.2) is 0 Å². The van der Waals surface area contributed by atoms with Gasteiger partial charge < -0.3 is 10.8 Å². The van der Waals surface area contributed by atoms with Crippen LogP contribution in [0.4, 0.5) is 0 Å². The summed E-state index contributed by atoms with van der Waals surface area (Å²) >= 11 is 0. The van der Waals surface area contributed by atoms with Gasteiger partial charge in [0.05, 0.1) is 5.92 Å². The van der Waals surface area contributed by atoms with Crippen molar-refractivity contribution in [2.24, 2.45) is 29.4 Å². The number of carboxylic acid groups (broad SMARTS) is 1. The van der Waals surface area contributed by atoms with Gasteiger partial charge in [0, 0.05) is 0 Å². The molecule has 0 aromatic heterocycles. The molecule has 2 unspecified atom stereocenters. The van der Waals surface area contributed by atoms with Gasteiger partial charge in [0.1, 0.15) is 0 Å². The molecule has 2 rings (SSSR count). The molecule has 0 amide bonds. The standard InChI is InChI=1S/C12H21NO2/c13-5-4-11-8-2-1-3-9(11)7-10(6-8)12(14)15/h8-11H,1-7,13H2,(H,14,15). The SMILES string of the molecule is NCCC1C2CCCC1CC(C(=O)O)C2. The van der Waals surface area contributed by atoms with Gasteiger partial charge in [0.2, 0.25) is 0 Å². The number of hydrogen-bond acceptors (Lipinski definition) is 2. The average Bonchev–Trinajstić information content (AvgIpc) is 2.17. The number of rotatable bonds is 3. The van der Waals surface area contributed by atoms with Crippen LogP contribution in [0, 0.1) is 23.7 Å². The zero-order valence-electron chi connectivity index (χ0n) is 9.19. The van der Waals surface area contributed by atoms with Crippen molar-refractivity contribution in [1.82, 2.24) is 0 Å². The molecule has 3 nitrogen and oxygen atoms in total. The monoisotopic (exact) mass is 211 g/mol. The van der Waals surface area contributed by atoms with Gasteiger partial charge >= 0.3 is 5.97 Å². The first-order valence-electron chi connectivity index (χ1n) is 6.15. The maximum atomic E-state index is 11.0. The third-order valence-electron chi connectivity index (χ3n) is 4.38. The maximum absolute atomic E-state index is 11.0. The van der Waals surface area contributed by atoms with Crippen molar-refractivity contribution in [2.75, 3.05) is 6.54 Å². The molecule has 2 aliphatic rings. The Kier molecular flexibility index (Phi) is 3.29. The predicted octanol–water partition coefficient (Wildman–Crippen LogP) is 1.86. The van der Waals surface area contributed by atoms with Crippen molar-refractivity contribution in [3.8, 4) is 0 Å². The molecule has 2 aliphatic carbocycles. The molecule has 0 heterocycles. The van der Waals surface area contributed by atoms with Crippen LogP contribution in [-0.2, 0) is 4.79 Å². The minimum Gasteiger partial charge on any atom is -0.481 e. The van der Waals surface area contributed by atoms with Crippen LogP contribution in [0.25, 0.3) is 0 Å². The molecule has 0 aromatic carbocycles. The lowest BCUT2D eigenvalue weighted by Crippen LogP contribution is -2.39. The Hall–Kier alpha value is -0.570. The molecular formula is C12H21NO2. The highest BCUT2D eigenvalue weighted by Gasteiger charge is 2.41. The third kappa shape index (κ3) is 2.17. The van der Waals surface area contributed by atoms with Crippen molar-refractivity contribution >= 4 is 5.97 Å². The summed E-state index contributed by atoms with van der Waals surface area (Å²) in [6.07, 6.45) is 6.65. The Morgan fingerprint density at radius 1 is 1.27 bits per heavy atom. The molecule has 3 heteroatoms. The third-order valence-corrected chi connectivity index (χ3v) is 4.38. The van der Waals surface area contributed by atoms with Crippen LogP contribution in [-0.4, -0.2) is 17.6 Å². The Bertz CT molecular complexity index is 228. The van der Waals surface area contributed by atoms with E-state index in [1.807, 2.05) is 0 Å². The van der Waals surface area contributed by atoms with Crippen molar-refractivity contribution in [2.45, 2.75) is 38.5 Å². The number of hydrogen-bond donors (Lipinski definition) is 2. The van der Waals surface area contributed by atoms with Crippen LogP contribution in [0.15, 0.2) is 0 Å². The molecular weight excluding hydrogens is 190 g/mol. The summed E-state index contributed by atoms with van der Waals surface area (Å²) in [4.78, 5) is 11.0. The van der Waals surface area contributed by atoms with Crippen LogP contribution < -0.4 is 5.73 Å². The van der Waals surface area contributed by atoms with Crippen LogP contribution in [0.3, 0.4) is 0 Å². The van der Waals surface area contributed by atoms with E-state index in [4.69, 9.17) is 10.8 Å². The van der Waals surface area contributed by atoms with Gasteiger partial charge in [-0.1, -0.05) is 19.3 Å². The van der Waals surface area contributed by atoms with Crippen LogP contribution in [0.5, 0.6) is 0 Å². The van der Waals surface area contributed by atoms with E-state index in [2.05, 4.69) is 0 Å². The highest BCUT2D eigenvalue weighted by Crippen LogP contribution is 2.48. The topological polar surface area (TPSA) is 63.3 Å². The van der Waals surface area contributed by atoms with Crippen molar-refractivity contribution in [3.05, 3.63) is 0 Å². The first-order valence-corrected chi connectivity index (χ1v) is 6.15. The van der Waals surface area contributed by atoms with Gasteiger partial charge in [-0.15, -0.1) is 0 Å². The minimum atomic E-state index is -0.585. The summed E-state index contributed by atoms with van der Waals surface area (Å²) < 4.78 is 0. The van der Waals surface area contributed by atoms with Crippen LogP contribution in [0.1, 0.15) is 38.5 Å². The Morgan fingerprint density at radius 3 is 2.33 bits per heavy atom. The number of aliphatic carboxylic acids is 1. The number of carboxylic acids is 1. The lowest BCUT2D eigenvalue weighted by molar-refractivity contribution is -0.145.